The van der Waals surface area contributed by atoms with Crippen molar-refractivity contribution in [3.05, 3.63) is 0 Å². The largest absolute Gasteiger partial charge is 0.446 e. The van der Waals surface area contributed by atoms with Gasteiger partial charge in [0.25, 0.3) is 0 Å². The van der Waals surface area contributed by atoms with Crippen molar-refractivity contribution in [3.63, 3.8) is 0 Å². The Morgan fingerprint density at radius 2 is 2.00 bits per heavy atom. The average molecular weight is 281 g/mol. The van der Waals surface area contributed by atoms with Crippen LogP contribution in [0.5, 0.6) is 0 Å². The molecule has 1 atom stereocenters. The maximum atomic E-state index is 11.7. The molecule has 4 N–H and O–H groups in total. The number of carbonyl (C=O) groups excluding carboxylic acids is 1. The lowest BCUT2D eigenvalue weighted by Gasteiger charge is -2.28. The van der Waals surface area contributed by atoms with Gasteiger partial charge in [-0.15, -0.1) is 0 Å². The number of ether oxygens (including phenoxy) is 1. The zero-order valence-electron chi connectivity index (χ0n) is 11.3. The van der Waals surface area contributed by atoms with Crippen LogP contribution in [0.4, 0.5) is 4.79 Å². The summed E-state index contributed by atoms with van der Waals surface area (Å²) < 4.78 is 32.3. The maximum absolute atomic E-state index is 11.7. The SMILES string of the molecule is CCC(C)(CCN)NS(=O)(=O)NC(=O)OC(C)C. The second kappa shape index (κ2) is 6.91. The fourth-order valence-corrected chi connectivity index (χ4v) is 2.53. The monoisotopic (exact) mass is 281 g/mol. The van der Waals surface area contributed by atoms with Crippen molar-refractivity contribution in [3.8, 4) is 0 Å². The quantitative estimate of drug-likeness (QED) is 0.628. The average Bonchev–Trinajstić information content (AvgIpc) is 2.14. The lowest BCUT2D eigenvalue weighted by Crippen LogP contribution is -2.52. The summed E-state index contributed by atoms with van der Waals surface area (Å²) in [6, 6.07) is 0. The van der Waals surface area contributed by atoms with Crippen molar-refractivity contribution in [1.82, 2.24) is 9.44 Å². The van der Waals surface area contributed by atoms with E-state index >= 15 is 0 Å². The summed E-state index contributed by atoms with van der Waals surface area (Å²) in [6.07, 6.45) is -0.348. The molecule has 0 fully saturated rings. The smallest absolute Gasteiger partial charge is 0.422 e. The first-order valence-corrected chi connectivity index (χ1v) is 7.35. The Balaban J connectivity index is 4.60. The highest BCUT2D eigenvalue weighted by molar-refractivity contribution is 7.88. The van der Waals surface area contributed by atoms with Gasteiger partial charge in [-0.2, -0.15) is 13.1 Å². The van der Waals surface area contributed by atoms with Crippen molar-refractivity contribution < 1.29 is 17.9 Å². The molecule has 0 rings (SSSR count). The summed E-state index contributed by atoms with van der Waals surface area (Å²) in [5, 5.41) is 0. The molecule has 0 saturated heterocycles. The molecule has 8 heteroatoms. The second-order valence-electron chi connectivity index (χ2n) is 4.61. The van der Waals surface area contributed by atoms with E-state index in [0.29, 0.717) is 19.4 Å². The van der Waals surface area contributed by atoms with Gasteiger partial charge in [-0.3, -0.25) is 0 Å². The van der Waals surface area contributed by atoms with Crippen molar-refractivity contribution in [2.45, 2.75) is 52.2 Å². The van der Waals surface area contributed by atoms with Crippen LogP contribution < -0.4 is 15.2 Å². The van der Waals surface area contributed by atoms with Gasteiger partial charge >= 0.3 is 16.3 Å². The minimum atomic E-state index is -3.95. The van der Waals surface area contributed by atoms with E-state index in [-0.39, 0.29) is 6.10 Å². The summed E-state index contributed by atoms with van der Waals surface area (Å²) in [5.74, 6) is 0. The third kappa shape index (κ3) is 6.77. The number of nitrogens with one attached hydrogen (secondary N) is 2. The first-order chi connectivity index (χ1) is 8.14. The third-order valence-electron chi connectivity index (χ3n) is 2.42. The molecule has 0 radical (unpaired) electrons. The highest BCUT2D eigenvalue weighted by Gasteiger charge is 2.28. The molecule has 0 aliphatic carbocycles. The second-order valence-corrected chi connectivity index (χ2v) is 6.03. The Kier molecular flexibility index (Phi) is 6.58. The van der Waals surface area contributed by atoms with Crippen LogP contribution in [0.3, 0.4) is 0 Å². The molecule has 0 heterocycles. The van der Waals surface area contributed by atoms with E-state index in [9.17, 15) is 13.2 Å². The molecule has 0 aliphatic rings. The highest BCUT2D eigenvalue weighted by atomic mass is 32.2. The molecule has 0 saturated carbocycles. The van der Waals surface area contributed by atoms with Gasteiger partial charge in [0.05, 0.1) is 6.10 Å². The summed E-state index contributed by atoms with van der Waals surface area (Å²) in [4.78, 5) is 11.2. The Labute approximate surface area is 109 Å². The highest BCUT2D eigenvalue weighted by Crippen LogP contribution is 2.14. The van der Waals surface area contributed by atoms with Crippen LogP contribution in [0, 0.1) is 0 Å². The number of rotatable bonds is 7. The van der Waals surface area contributed by atoms with Crippen LogP contribution in [-0.4, -0.2) is 32.7 Å². The Hall–Kier alpha value is -0.860. The Morgan fingerprint density at radius 3 is 2.39 bits per heavy atom. The molecule has 0 aromatic heterocycles. The molecule has 0 aromatic carbocycles. The van der Waals surface area contributed by atoms with E-state index in [2.05, 4.69) is 4.72 Å². The summed E-state index contributed by atoms with van der Waals surface area (Å²) >= 11 is 0. The van der Waals surface area contributed by atoms with Gasteiger partial charge in [-0.05, 0) is 40.2 Å². The molecule has 0 spiro atoms. The fraction of sp³-hybridized carbons (Fsp3) is 0.900. The van der Waals surface area contributed by atoms with Crippen LogP contribution in [0.25, 0.3) is 0 Å². The fourth-order valence-electron chi connectivity index (χ4n) is 1.32. The molecule has 1 unspecified atom stereocenters. The van der Waals surface area contributed by atoms with Crippen molar-refractivity contribution >= 4 is 16.3 Å². The van der Waals surface area contributed by atoms with E-state index in [1.807, 2.05) is 6.92 Å². The van der Waals surface area contributed by atoms with Crippen LogP contribution in [0.2, 0.25) is 0 Å². The van der Waals surface area contributed by atoms with Gasteiger partial charge < -0.3 is 10.5 Å². The van der Waals surface area contributed by atoms with Gasteiger partial charge in [0.2, 0.25) is 0 Å². The van der Waals surface area contributed by atoms with Gasteiger partial charge in [0.1, 0.15) is 0 Å². The Morgan fingerprint density at radius 1 is 1.44 bits per heavy atom. The third-order valence-corrected chi connectivity index (χ3v) is 3.61. The zero-order valence-corrected chi connectivity index (χ0v) is 12.1. The maximum Gasteiger partial charge on any atom is 0.422 e. The van der Waals surface area contributed by atoms with Gasteiger partial charge in [-0.1, -0.05) is 6.92 Å². The van der Waals surface area contributed by atoms with Crippen molar-refractivity contribution in [2.24, 2.45) is 5.73 Å². The zero-order chi connectivity index (χ0) is 14.4. The number of hydrogen-bond donors (Lipinski definition) is 3. The van der Waals surface area contributed by atoms with E-state index in [4.69, 9.17) is 10.5 Å². The van der Waals surface area contributed by atoms with Gasteiger partial charge in [-0.25, -0.2) is 9.52 Å². The Bertz CT molecular complexity index is 369. The van der Waals surface area contributed by atoms with Crippen LogP contribution in [0.15, 0.2) is 0 Å². The summed E-state index contributed by atoms with van der Waals surface area (Å²) in [6.45, 7) is 7.18. The molecule has 0 aromatic rings. The van der Waals surface area contributed by atoms with Crippen LogP contribution >= 0.6 is 0 Å². The molecule has 1 amide bonds. The topological polar surface area (TPSA) is 111 Å². The first kappa shape index (κ1) is 17.1. The van der Waals surface area contributed by atoms with E-state index in [0.717, 1.165) is 0 Å². The normalized spacial score (nSPS) is 15.2. The predicted octanol–water partition coefficient (Wildman–Crippen LogP) is 0.473. The van der Waals surface area contributed by atoms with Crippen LogP contribution in [0.1, 0.15) is 40.5 Å². The molecular formula is C10H23N3O4S. The van der Waals surface area contributed by atoms with Gasteiger partial charge in [0.15, 0.2) is 0 Å². The van der Waals surface area contributed by atoms with E-state index in [1.165, 1.54) is 0 Å². The number of amides is 1. The summed E-state index contributed by atoms with van der Waals surface area (Å²) in [5.41, 5.74) is 4.75. The van der Waals surface area contributed by atoms with E-state index in [1.54, 1.807) is 25.5 Å². The number of nitrogens with two attached hydrogens (primary N) is 1. The lowest BCUT2D eigenvalue weighted by atomic mass is 9.96. The lowest BCUT2D eigenvalue weighted by molar-refractivity contribution is 0.121. The number of hydrogen-bond acceptors (Lipinski definition) is 5. The minimum absolute atomic E-state index is 0.350. The van der Waals surface area contributed by atoms with Crippen molar-refractivity contribution in [2.75, 3.05) is 6.54 Å². The molecule has 0 aliphatic heterocycles. The van der Waals surface area contributed by atoms with Gasteiger partial charge in [0, 0.05) is 5.54 Å². The molecule has 0 bridgehead atoms. The first-order valence-electron chi connectivity index (χ1n) is 5.86. The minimum Gasteiger partial charge on any atom is -0.446 e. The number of carbonyl (C=O) groups is 1. The molecule has 7 nitrogen and oxygen atoms in total. The standard InChI is InChI=1S/C10H23N3O4S/c1-5-10(4,6-7-11)13-18(15,16)12-9(14)17-8(2)3/h8,13H,5-7,11H2,1-4H3,(H,12,14). The molecule has 108 valence electrons. The van der Waals surface area contributed by atoms with E-state index < -0.39 is 21.8 Å². The molecule has 18 heavy (non-hydrogen) atoms. The predicted molar refractivity (Wildman–Crippen MR) is 69.2 cm³/mol. The summed E-state index contributed by atoms with van der Waals surface area (Å²) in [7, 11) is -3.95. The van der Waals surface area contributed by atoms with Crippen molar-refractivity contribution in [1.29, 1.82) is 0 Å². The molecular weight excluding hydrogens is 258 g/mol. The van der Waals surface area contributed by atoms with Crippen LogP contribution in [-0.2, 0) is 14.9 Å².